The zero-order valence-corrected chi connectivity index (χ0v) is 14.3. The van der Waals surface area contributed by atoms with E-state index in [2.05, 4.69) is 57.0 Å². The molecule has 22 heavy (non-hydrogen) atoms. The van der Waals surface area contributed by atoms with Crippen molar-refractivity contribution in [2.24, 2.45) is 5.41 Å². The molecule has 0 aliphatic heterocycles. The molecule has 1 unspecified atom stereocenters. The highest BCUT2D eigenvalue weighted by atomic mass is 14.3. The third-order valence-corrected chi connectivity index (χ3v) is 4.71. The van der Waals surface area contributed by atoms with Crippen molar-refractivity contribution in [1.82, 2.24) is 0 Å². The first kappa shape index (κ1) is 18.5. The number of hydrogen-bond donors (Lipinski definition) is 0. The summed E-state index contributed by atoms with van der Waals surface area (Å²) < 4.78 is 0. The van der Waals surface area contributed by atoms with Gasteiger partial charge in [0.15, 0.2) is 0 Å². The minimum absolute atomic E-state index is 0.217. The molecule has 0 spiro atoms. The van der Waals surface area contributed by atoms with Crippen molar-refractivity contribution in [1.29, 1.82) is 0 Å². The zero-order chi connectivity index (χ0) is 16.3. The second kappa shape index (κ2) is 10.2. The van der Waals surface area contributed by atoms with Crippen LogP contribution in [0.25, 0.3) is 0 Å². The molecule has 0 aliphatic carbocycles. The van der Waals surface area contributed by atoms with Crippen LogP contribution in [-0.4, -0.2) is 0 Å². The van der Waals surface area contributed by atoms with E-state index in [1.165, 1.54) is 44.1 Å². The number of allylic oxidation sites excluding steroid dienone is 3. The SMILES string of the molecule is C=CC(C=C)(C=C)C(CCCCCCCC)c1ccccc1. The standard InChI is InChI=1S/C22H32/c1-5-9-10-11-12-16-19-21(20-17-14-13-15-18-20)22(6-2,7-3)8-4/h6-8,13-15,17-18,21H,2-5,9-12,16,19H2,1H3. The average molecular weight is 296 g/mol. The first-order valence-electron chi connectivity index (χ1n) is 8.69. The molecule has 0 amide bonds. The van der Waals surface area contributed by atoms with Gasteiger partial charge in [0.2, 0.25) is 0 Å². The summed E-state index contributed by atoms with van der Waals surface area (Å²) in [4.78, 5) is 0. The molecule has 0 heteroatoms. The lowest BCUT2D eigenvalue weighted by molar-refractivity contribution is 0.426. The maximum atomic E-state index is 4.05. The average Bonchev–Trinajstić information content (AvgIpc) is 2.58. The summed E-state index contributed by atoms with van der Waals surface area (Å²) in [7, 11) is 0. The van der Waals surface area contributed by atoms with Crippen LogP contribution < -0.4 is 0 Å². The summed E-state index contributed by atoms with van der Waals surface area (Å²) in [6.45, 7) is 14.4. The molecule has 0 fully saturated rings. The molecule has 1 atom stereocenters. The fourth-order valence-corrected chi connectivity index (χ4v) is 3.20. The van der Waals surface area contributed by atoms with E-state index >= 15 is 0 Å². The van der Waals surface area contributed by atoms with Crippen molar-refractivity contribution in [2.75, 3.05) is 0 Å². The third kappa shape index (κ3) is 5.02. The van der Waals surface area contributed by atoms with Crippen LogP contribution >= 0.6 is 0 Å². The number of rotatable bonds is 12. The Kier molecular flexibility index (Phi) is 8.58. The first-order valence-corrected chi connectivity index (χ1v) is 8.69. The molecule has 1 aromatic carbocycles. The Labute approximate surface area is 137 Å². The predicted octanol–water partition coefficient (Wildman–Crippen LogP) is 7.07. The Hall–Kier alpha value is -1.56. The van der Waals surface area contributed by atoms with E-state index in [1.54, 1.807) is 0 Å². The highest BCUT2D eigenvalue weighted by Gasteiger charge is 2.30. The monoisotopic (exact) mass is 296 g/mol. The lowest BCUT2D eigenvalue weighted by atomic mass is 9.70. The molecule has 0 saturated heterocycles. The van der Waals surface area contributed by atoms with Crippen LogP contribution in [0.15, 0.2) is 68.3 Å². The van der Waals surface area contributed by atoms with Gasteiger partial charge in [0.1, 0.15) is 0 Å². The molecule has 0 aromatic heterocycles. The second-order valence-electron chi connectivity index (χ2n) is 6.13. The molecule has 0 N–H and O–H groups in total. The van der Waals surface area contributed by atoms with Crippen molar-refractivity contribution < 1.29 is 0 Å². The van der Waals surface area contributed by atoms with Gasteiger partial charge in [-0.05, 0) is 17.9 Å². The van der Waals surface area contributed by atoms with Gasteiger partial charge < -0.3 is 0 Å². The smallest absolute Gasteiger partial charge is 0.0302 e. The van der Waals surface area contributed by atoms with Gasteiger partial charge in [-0.15, -0.1) is 19.7 Å². The van der Waals surface area contributed by atoms with Crippen molar-refractivity contribution in [3.05, 3.63) is 73.9 Å². The lowest BCUT2D eigenvalue weighted by Gasteiger charge is -2.34. The number of hydrogen-bond acceptors (Lipinski definition) is 0. The van der Waals surface area contributed by atoms with Crippen LogP contribution in [0.3, 0.4) is 0 Å². The summed E-state index contributed by atoms with van der Waals surface area (Å²) in [6.07, 6.45) is 15.1. The minimum Gasteiger partial charge on any atom is -0.102 e. The Morgan fingerprint density at radius 2 is 1.41 bits per heavy atom. The summed E-state index contributed by atoms with van der Waals surface area (Å²) in [6, 6.07) is 10.7. The molecule has 0 saturated carbocycles. The quantitative estimate of drug-likeness (QED) is 0.286. The second-order valence-corrected chi connectivity index (χ2v) is 6.13. The van der Waals surface area contributed by atoms with Crippen LogP contribution in [0, 0.1) is 5.41 Å². The first-order chi connectivity index (χ1) is 10.7. The van der Waals surface area contributed by atoms with Gasteiger partial charge in [-0.25, -0.2) is 0 Å². The molecule has 0 nitrogen and oxygen atoms in total. The Morgan fingerprint density at radius 1 is 0.864 bits per heavy atom. The normalized spacial score (nSPS) is 12.6. The van der Waals surface area contributed by atoms with E-state index in [1.807, 2.05) is 18.2 Å². The van der Waals surface area contributed by atoms with Crippen LogP contribution in [-0.2, 0) is 0 Å². The zero-order valence-electron chi connectivity index (χ0n) is 14.3. The fraction of sp³-hybridized carbons (Fsp3) is 0.455. The third-order valence-electron chi connectivity index (χ3n) is 4.71. The summed E-state index contributed by atoms with van der Waals surface area (Å²) >= 11 is 0. The van der Waals surface area contributed by atoms with Crippen molar-refractivity contribution in [2.45, 2.75) is 57.8 Å². The summed E-state index contributed by atoms with van der Waals surface area (Å²) in [5, 5.41) is 0. The van der Waals surface area contributed by atoms with Crippen molar-refractivity contribution in [3.8, 4) is 0 Å². The maximum Gasteiger partial charge on any atom is 0.0302 e. The highest BCUT2D eigenvalue weighted by Crippen LogP contribution is 2.42. The summed E-state index contributed by atoms with van der Waals surface area (Å²) in [5.74, 6) is 0.382. The van der Waals surface area contributed by atoms with Gasteiger partial charge in [-0.2, -0.15) is 0 Å². The van der Waals surface area contributed by atoms with E-state index in [9.17, 15) is 0 Å². The van der Waals surface area contributed by atoms with Gasteiger partial charge in [0, 0.05) is 5.41 Å². The molecular formula is C22H32. The molecular weight excluding hydrogens is 264 g/mol. The molecule has 1 rings (SSSR count). The van der Waals surface area contributed by atoms with Crippen LogP contribution in [0.4, 0.5) is 0 Å². The van der Waals surface area contributed by atoms with Gasteiger partial charge in [0.05, 0.1) is 0 Å². The molecule has 0 heterocycles. The van der Waals surface area contributed by atoms with E-state index in [-0.39, 0.29) is 5.41 Å². The predicted molar refractivity (Wildman–Crippen MR) is 100 cm³/mol. The fourth-order valence-electron chi connectivity index (χ4n) is 3.20. The Morgan fingerprint density at radius 3 is 1.95 bits per heavy atom. The molecule has 1 aromatic rings. The van der Waals surface area contributed by atoms with Gasteiger partial charge >= 0.3 is 0 Å². The lowest BCUT2D eigenvalue weighted by Crippen LogP contribution is -2.22. The van der Waals surface area contributed by atoms with E-state index < -0.39 is 0 Å². The van der Waals surface area contributed by atoms with Gasteiger partial charge in [0.25, 0.3) is 0 Å². The van der Waals surface area contributed by atoms with Crippen LogP contribution in [0.1, 0.15) is 63.4 Å². The van der Waals surface area contributed by atoms with Crippen molar-refractivity contribution in [3.63, 3.8) is 0 Å². The molecule has 120 valence electrons. The van der Waals surface area contributed by atoms with E-state index in [0.29, 0.717) is 5.92 Å². The molecule has 0 aliphatic rings. The van der Waals surface area contributed by atoms with Crippen molar-refractivity contribution >= 4 is 0 Å². The van der Waals surface area contributed by atoms with Gasteiger partial charge in [-0.3, -0.25) is 0 Å². The highest BCUT2D eigenvalue weighted by molar-refractivity contribution is 5.31. The largest absolute Gasteiger partial charge is 0.102 e. The Balaban J connectivity index is 2.78. The topological polar surface area (TPSA) is 0 Å². The Bertz CT molecular complexity index is 419. The van der Waals surface area contributed by atoms with Gasteiger partial charge in [-0.1, -0.05) is 94.0 Å². The molecule has 0 bridgehead atoms. The number of benzene rings is 1. The minimum atomic E-state index is -0.217. The number of unbranched alkanes of at least 4 members (excludes halogenated alkanes) is 5. The van der Waals surface area contributed by atoms with E-state index in [4.69, 9.17) is 0 Å². The van der Waals surface area contributed by atoms with Crippen LogP contribution in [0.2, 0.25) is 0 Å². The summed E-state index contributed by atoms with van der Waals surface area (Å²) in [5.41, 5.74) is 1.14. The van der Waals surface area contributed by atoms with Crippen LogP contribution in [0.5, 0.6) is 0 Å². The van der Waals surface area contributed by atoms with E-state index in [0.717, 1.165) is 6.42 Å². The molecule has 0 radical (unpaired) electrons. The maximum absolute atomic E-state index is 4.05.